The van der Waals surface area contributed by atoms with Crippen LogP contribution >= 0.6 is 10.0 Å². The fourth-order valence-electron chi connectivity index (χ4n) is 4.09. The molecule has 4 rings (SSSR count). The maximum Gasteiger partial charge on any atom is 0.130 e. The van der Waals surface area contributed by atoms with Crippen molar-refractivity contribution >= 4 is 49.4 Å². The number of pyridine rings is 2. The van der Waals surface area contributed by atoms with E-state index in [9.17, 15) is 0 Å². The molecule has 3 aromatic rings. The van der Waals surface area contributed by atoms with Crippen molar-refractivity contribution in [1.82, 2.24) is 9.97 Å². The summed E-state index contributed by atoms with van der Waals surface area (Å²) in [5.41, 5.74) is 10.5. The number of nitrogens with zero attached hydrogens (tertiary/aromatic N) is 4. The van der Waals surface area contributed by atoms with Crippen molar-refractivity contribution in [2.24, 2.45) is 10.7 Å². The molecule has 1 saturated heterocycles. The minimum Gasteiger partial charge on any atom is -0.404 e. The van der Waals surface area contributed by atoms with E-state index in [1.54, 1.807) is 13.2 Å². The Balaban J connectivity index is 1.54. The van der Waals surface area contributed by atoms with Gasteiger partial charge in [0.15, 0.2) is 0 Å². The predicted molar refractivity (Wildman–Crippen MR) is 151 cm³/mol. The van der Waals surface area contributed by atoms with Crippen molar-refractivity contribution in [3.63, 3.8) is 0 Å². The third kappa shape index (κ3) is 5.25. The maximum atomic E-state index is 5.88. The van der Waals surface area contributed by atoms with Gasteiger partial charge in [-0.2, -0.15) is 0 Å². The molecule has 1 aromatic carbocycles. The Morgan fingerprint density at radius 2 is 1.85 bits per heavy atom. The second-order valence-electron chi connectivity index (χ2n) is 9.19. The van der Waals surface area contributed by atoms with Gasteiger partial charge in [0.2, 0.25) is 0 Å². The average Bonchev–Trinajstić information content (AvgIpc) is 2.84. The summed E-state index contributed by atoms with van der Waals surface area (Å²) >= 11 is 0. The normalized spacial score (nSPS) is 17.5. The molecule has 6 nitrogen and oxygen atoms in total. The van der Waals surface area contributed by atoms with E-state index in [1.165, 1.54) is 11.5 Å². The molecule has 0 atom stereocenters. The van der Waals surface area contributed by atoms with Crippen LogP contribution < -0.4 is 16.0 Å². The number of fused-ring (bicyclic) bond motifs is 1. The Kier molecular flexibility index (Phi) is 6.93. The third-order valence-corrected chi connectivity index (χ3v) is 9.02. The second kappa shape index (κ2) is 9.89. The van der Waals surface area contributed by atoms with Gasteiger partial charge in [-0.15, -0.1) is 0 Å². The van der Waals surface area contributed by atoms with E-state index in [0.29, 0.717) is 0 Å². The molecule has 0 bridgehead atoms. The number of nitrogens with one attached hydrogen (secondary N) is 1. The van der Waals surface area contributed by atoms with Crippen LogP contribution in [0.1, 0.15) is 18.1 Å². The topological polar surface area (TPSA) is 79.4 Å². The smallest absolute Gasteiger partial charge is 0.130 e. The first-order valence-electron chi connectivity index (χ1n) is 11.4. The lowest BCUT2D eigenvalue weighted by Crippen LogP contribution is -2.38. The van der Waals surface area contributed by atoms with Gasteiger partial charge in [-0.05, 0) is 66.2 Å². The fraction of sp³-hybridized carbons (Fsp3) is 0.296. The number of hydrogen-bond donors (Lipinski definition) is 2. The molecule has 1 aliphatic heterocycles. The molecule has 3 heterocycles. The van der Waals surface area contributed by atoms with E-state index in [2.05, 4.69) is 62.5 Å². The molecule has 2 aromatic heterocycles. The molecule has 7 heteroatoms. The number of hydrogen-bond acceptors (Lipinski definition) is 6. The first-order valence-corrected chi connectivity index (χ1v) is 14.2. The summed E-state index contributed by atoms with van der Waals surface area (Å²) in [5, 5.41) is 5.51. The van der Waals surface area contributed by atoms with Gasteiger partial charge in [-0.25, -0.2) is 20.0 Å². The number of anilines is 2. The Hall–Kier alpha value is -3.32. The lowest BCUT2D eigenvalue weighted by molar-refractivity contribution is 0.831. The van der Waals surface area contributed by atoms with Gasteiger partial charge < -0.3 is 16.0 Å². The number of benzene rings is 1. The summed E-state index contributed by atoms with van der Waals surface area (Å²) in [7, 11) is 1.32. The van der Waals surface area contributed by atoms with E-state index in [1.807, 2.05) is 37.5 Å². The minimum absolute atomic E-state index is 0.450. The number of aromatic nitrogens is 2. The van der Waals surface area contributed by atoms with Gasteiger partial charge >= 0.3 is 0 Å². The van der Waals surface area contributed by atoms with Crippen LogP contribution in [0, 0.1) is 0 Å². The Bertz CT molecular complexity index is 1270. The number of aliphatic imine (C=N–C) groups is 1. The summed E-state index contributed by atoms with van der Waals surface area (Å²) in [6.07, 6.45) is 10.2. The molecular weight excluding hydrogens is 440 g/mol. The lowest BCUT2D eigenvalue weighted by atomic mass is 10.00. The van der Waals surface area contributed by atoms with Crippen molar-refractivity contribution in [1.29, 1.82) is 0 Å². The molecule has 178 valence electrons. The van der Waals surface area contributed by atoms with Crippen LogP contribution in [0.3, 0.4) is 0 Å². The first-order chi connectivity index (χ1) is 16.3. The van der Waals surface area contributed by atoms with Crippen LogP contribution in [0.4, 0.5) is 11.6 Å². The molecule has 34 heavy (non-hydrogen) atoms. The van der Waals surface area contributed by atoms with Gasteiger partial charge in [0.05, 0.1) is 0 Å². The highest BCUT2D eigenvalue weighted by Gasteiger charge is 2.22. The Labute approximate surface area is 204 Å². The molecular formula is C27H34N6S. The van der Waals surface area contributed by atoms with Crippen LogP contribution in [0.25, 0.3) is 22.0 Å². The van der Waals surface area contributed by atoms with Gasteiger partial charge in [-0.1, -0.05) is 18.7 Å². The Morgan fingerprint density at radius 3 is 2.56 bits per heavy atom. The van der Waals surface area contributed by atoms with Crippen molar-refractivity contribution in [3.05, 3.63) is 72.7 Å². The van der Waals surface area contributed by atoms with Crippen LogP contribution in [0.2, 0.25) is 0 Å². The number of nitrogens with two attached hydrogens (primary N) is 1. The van der Waals surface area contributed by atoms with E-state index >= 15 is 0 Å². The first kappa shape index (κ1) is 23.8. The van der Waals surface area contributed by atoms with Crippen LogP contribution in [-0.2, 0) is 0 Å². The van der Waals surface area contributed by atoms with Gasteiger partial charge in [0, 0.05) is 66.7 Å². The highest BCUT2D eigenvalue weighted by atomic mass is 32.3. The highest BCUT2D eigenvalue weighted by molar-refractivity contribution is 8.32. The molecule has 0 radical (unpaired) electrons. The van der Waals surface area contributed by atoms with Crippen LogP contribution in [0.5, 0.6) is 0 Å². The molecule has 0 saturated carbocycles. The molecule has 1 fully saturated rings. The van der Waals surface area contributed by atoms with Gasteiger partial charge in [-0.3, -0.25) is 4.99 Å². The van der Waals surface area contributed by atoms with E-state index in [4.69, 9.17) is 5.73 Å². The highest BCUT2D eigenvalue weighted by Crippen LogP contribution is 2.42. The zero-order valence-electron chi connectivity index (χ0n) is 20.5. The molecule has 0 unspecified atom stereocenters. The molecule has 0 aliphatic carbocycles. The van der Waals surface area contributed by atoms with E-state index < -0.39 is 10.0 Å². The lowest BCUT2D eigenvalue weighted by Gasteiger charge is -2.41. The number of rotatable bonds is 6. The number of allylic oxidation sites excluding steroid dienone is 1. The minimum atomic E-state index is -0.450. The quantitative estimate of drug-likeness (QED) is 0.492. The van der Waals surface area contributed by atoms with Gasteiger partial charge in [0.25, 0.3) is 0 Å². The summed E-state index contributed by atoms with van der Waals surface area (Å²) in [4.78, 5) is 15.9. The second-order valence-corrected chi connectivity index (χ2v) is 13.5. The summed E-state index contributed by atoms with van der Waals surface area (Å²) in [5.74, 6) is 4.27. The zero-order chi connectivity index (χ0) is 24.3. The van der Waals surface area contributed by atoms with Crippen molar-refractivity contribution in [3.8, 4) is 0 Å². The van der Waals surface area contributed by atoms with Crippen molar-refractivity contribution < 1.29 is 0 Å². The third-order valence-electron chi connectivity index (χ3n) is 6.45. The summed E-state index contributed by atoms with van der Waals surface area (Å²) in [6, 6.07) is 12.4. The monoisotopic (exact) mass is 474 g/mol. The fourth-order valence-corrected chi connectivity index (χ4v) is 5.72. The van der Waals surface area contributed by atoms with E-state index in [0.717, 1.165) is 63.6 Å². The molecule has 1 aliphatic rings. The zero-order valence-corrected chi connectivity index (χ0v) is 21.3. The standard InChI is InChI=1S/C27H34N6S/c1-19(21-8-9-30-27(16-21)33-10-12-34(4,5)13-11-33)32-26-15-24-14-22(6-7-23(24)18-31-26)25(17-28)20(2)29-3/h6-9,14-18H,1,10-13,28H2,2-5H3,(H,31,32). The molecule has 3 N–H and O–H groups in total. The molecule has 0 spiro atoms. The van der Waals surface area contributed by atoms with E-state index in [-0.39, 0.29) is 0 Å². The molecule has 0 amide bonds. The maximum absolute atomic E-state index is 5.88. The summed E-state index contributed by atoms with van der Waals surface area (Å²) in [6.45, 7) is 8.36. The predicted octanol–water partition coefficient (Wildman–Crippen LogP) is 4.99. The SMILES string of the molecule is C=C(Nc1cc2cc(C(=CN)C(C)=NC)ccc2cn1)c1ccnc(N2CCS(C)(C)CC2)c1. The summed E-state index contributed by atoms with van der Waals surface area (Å²) < 4.78 is 0. The largest absolute Gasteiger partial charge is 0.404 e. The van der Waals surface area contributed by atoms with Crippen LogP contribution in [0.15, 0.2) is 66.6 Å². The van der Waals surface area contributed by atoms with Gasteiger partial charge in [0.1, 0.15) is 11.6 Å². The van der Waals surface area contributed by atoms with Crippen molar-refractivity contribution in [2.75, 3.05) is 54.4 Å². The van der Waals surface area contributed by atoms with Crippen LogP contribution in [-0.4, -0.2) is 59.8 Å². The van der Waals surface area contributed by atoms with Crippen molar-refractivity contribution in [2.45, 2.75) is 6.92 Å². The average molecular weight is 475 g/mol. The Morgan fingerprint density at radius 1 is 1.09 bits per heavy atom.